The number of rotatable bonds is 3. The Morgan fingerprint density at radius 2 is 2.38 bits per heavy atom. The molecule has 1 aliphatic rings. The largest absolute Gasteiger partial charge is 0.348 e. The molecule has 2 aromatic rings. The monoisotopic (exact) mass is 304 g/mol. The van der Waals surface area contributed by atoms with Crippen molar-refractivity contribution < 1.29 is 4.79 Å². The van der Waals surface area contributed by atoms with Crippen LogP contribution in [0.5, 0.6) is 0 Å². The summed E-state index contributed by atoms with van der Waals surface area (Å²) < 4.78 is 1.65. The number of hydrogen-bond acceptors (Lipinski definition) is 3. The average molecular weight is 305 g/mol. The summed E-state index contributed by atoms with van der Waals surface area (Å²) in [7, 11) is 0. The van der Waals surface area contributed by atoms with E-state index in [1.165, 1.54) is 0 Å². The normalized spacial score (nSPS) is 18.4. The van der Waals surface area contributed by atoms with Crippen molar-refractivity contribution in [3.8, 4) is 5.69 Å². The molecule has 5 nitrogen and oxygen atoms in total. The smallest absolute Gasteiger partial charge is 0.254 e. The Balaban J connectivity index is 1.70. The van der Waals surface area contributed by atoms with Crippen molar-refractivity contribution in [2.45, 2.75) is 18.9 Å². The van der Waals surface area contributed by atoms with Crippen LogP contribution in [0.1, 0.15) is 23.2 Å². The Morgan fingerprint density at radius 1 is 1.48 bits per heavy atom. The first-order chi connectivity index (χ1) is 10.2. The Hall–Kier alpha value is -1.85. The van der Waals surface area contributed by atoms with Gasteiger partial charge in [-0.05, 0) is 37.6 Å². The molecule has 1 saturated heterocycles. The van der Waals surface area contributed by atoms with Crippen LogP contribution in [-0.2, 0) is 0 Å². The van der Waals surface area contributed by atoms with Gasteiger partial charge in [0.2, 0.25) is 0 Å². The first-order valence-electron chi connectivity index (χ1n) is 7.04. The van der Waals surface area contributed by atoms with E-state index >= 15 is 0 Å². The van der Waals surface area contributed by atoms with E-state index < -0.39 is 0 Å². The fourth-order valence-electron chi connectivity index (χ4n) is 2.44. The molecule has 0 spiro atoms. The molecule has 1 aromatic heterocycles. The lowest BCUT2D eigenvalue weighted by Crippen LogP contribution is -2.45. The Morgan fingerprint density at radius 3 is 3.14 bits per heavy atom. The predicted molar refractivity (Wildman–Crippen MR) is 81.9 cm³/mol. The van der Waals surface area contributed by atoms with Crippen molar-refractivity contribution in [1.29, 1.82) is 0 Å². The molecule has 1 atom stereocenters. The summed E-state index contributed by atoms with van der Waals surface area (Å²) in [6, 6.07) is 7.55. The maximum atomic E-state index is 12.2. The molecular weight excluding hydrogens is 288 g/mol. The summed E-state index contributed by atoms with van der Waals surface area (Å²) in [4.78, 5) is 12.2. The van der Waals surface area contributed by atoms with E-state index in [0.717, 1.165) is 31.6 Å². The highest BCUT2D eigenvalue weighted by Crippen LogP contribution is 2.14. The molecule has 1 unspecified atom stereocenters. The van der Waals surface area contributed by atoms with Gasteiger partial charge in [0.25, 0.3) is 5.91 Å². The van der Waals surface area contributed by atoms with Crippen molar-refractivity contribution in [1.82, 2.24) is 20.4 Å². The number of aromatic nitrogens is 2. The lowest BCUT2D eigenvalue weighted by atomic mass is 10.1. The second-order valence-electron chi connectivity index (χ2n) is 5.17. The van der Waals surface area contributed by atoms with Gasteiger partial charge < -0.3 is 10.6 Å². The number of hydrogen-bond donors (Lipinski definition) is 2. The number of nitrogens with zero attached hydrogens (tertiary/aromatic N) is 2. The number of piperidine rings is 1. The third kappa shape index (κ3) is 3.43. The highest BCUT2D eigenvalue weighted by Gasteiger charge is 2.17. The summed E-state index contributed by atoms with van der Waals surface area (Å²) in [6.45, 7) is 1.85. The average Bonchev–Trinajstić information content (AvgIpc) is 2.98. The van der Waals surface area contributed by atoms with Crippen LogP contribution in [0.25, 0.3) is 5.69 Å². The Labute approximate surface area is 128 Å². The van der Waals surface area contributed by atoms with Crippen LogP contribution in [0.4, 0.5) is 0 Å². The predicted octanol–water partition coefficient (Wildman–Crippen LogP) is 2.01. The molecule has 1 fully saturated rings. The van der Waals surface area contributed by atoms with E-state index in [2.05, 4.69) is 15.7 Å². The lowest BCUT2D eigenvalue weighted by molar-refractivity contribution is 0.0930. The van der Waals surface area contributed by atoms with Gasteiger partial charge in [0, 0.05) is 23.8 Å². The highest BCUT2D eigenvalue weighted by molar-refractivity contribution is 6.30. The van der Waals surface area contributed by atoms with E-state index in [1.807, 2.05) is 12.1 Å². The summed E-state index contributed by atoms with van der Waals surface area (Å²) in [5, 5.41) is 11.2. The van der Waals surface area contributed by atoms with Crippen LogP contribution in [0.3, 0.4) is 0 Å². The van der Waals surface area contributed by atoms with E-state index in [-0.39, 0.29) is 11.9 Å². The van der Waals surface area contributed by atoms with E-state index in [4.69, 9.17) is 11.6 Å². The summed E-state index contributed by atoms with van der Waals surface area (Å²) in [6.07, 6.45) is 5.40. The number of halogens is 1. The third-order valence-electron chi connectivity index (χ3n) is 3.55. The minimum Gasteiger partial charge on any atom is -0.348 e. The number of carbonyl (C=O) groups is 1. The molecule has 2 N–H and O–H groups in total. The van der Waals surface area contributed by atoms with Crippen molar-refractivity contribution in [2.75, 3.05) is 13.1 Å². The second kappa shape index (κ2) is 6.28. The molecule has 0 bridgehead atoms. The maximum Gasteiger partial charge on any atom is 0.254 e. The molecule has 1 amide bonds. The zero-order chi connectivity index (χ0) is 14.7. The summed E-state index contributed by atoms with van der Waals surface area (Å²) in [5.41, 5.74) is 1.39. The van der Waals surface area contributed by atoms with Gasteiger partial charge in [0.1, 0.15) is 0 Å². The van der Waals surface area contributed by atoms with Crippen molar-refractivity contribution in [2.24, 2.45) is 0 Å². The molecule has 0 aliphatic carbocycles. The molecule has 6 heteroatoms. The summed E-state index contributed by atoms with van der Waals surface area (Å²) >= 11 is 5.97. The SMILES string of the molecule is O=C(NC1CCCNC1)c1cnn(-c2cccc(Cl)c2)c1. The Bertz CT molecular complexity index is 634. The van der Waals surface area contributed by atoms with Gasteiger partial charge in [-0.3, -0.25) is 4.79 Å². The molecule has 1 aromatic carbocycles. The maximum absolute atomic E-state index is 12.2. The van der Waals surface area contributed by atoms with Crippen LogP contribution in [0, 0.1) is 0 Å². The van der Waals surface area contributed by atoms with Crippen molar-refractivity contribution >= 4 is 17.5 Å². The molecule has 1 aliphatic heterocycles. The van der Waals surface area contributed by atoms with Crippen LogP contribution in [0.15, 0.2) is 36.7 Å². The number of benzene rings is 1. The van der Waals surface area contributed by atoms with E-state index in [9.17, 15) is 4.79 Å². The molecule has 3 rings (SSSR count). The minimum atomic E-state index is -0.0861. The molecule has 0 saturated carbocycles. The highest BCUT2D eigenvalue weighted by atomic mass is 35.5. The summed E-state index contributed by atoms with van der Waals surface area (Å²) in [5.74, 6) is -0.0861. The minimum absolute atomic E-state index is 0.0861. The Kier molecular flexibility index (Phi) is 4.22. The molecule has 0 radical (unpaired) electrons. The van der Waals surface area contributed by atoms with Crippen LogP contribution in [-0.4, -0.2) is 34.8 Å². The van der Waals surface area contributed by atoms with Gasteiger partial charge in [0.15, 0.2) is 0 Å². The van der Waals surface area contributed by atoms with Gasteiger partial charge in [-0.2, -0.15) is 5.10 Å². The molecule has 2 heterocycles. The van der Waals surface area contributed by atoms with Crippen molar-refractivity contribution in [3.63, 3.8) is 0 Å². The second-order valence-corrected chi connectivity index (χ2v) is 5.61. The van der Waals surface area contributed by atoms with Gasteiger partial charge in [-0.15, -0.1) is 0 Å². The van der Waals surface area contributed by atoms with Gasteiger partial charge in [0.05, 0.1) is 17.4 Å². The van der Waals surface area contributed by atoms with E-state index in [1.54, 1.807) is 29.2 Å². The quantitative estimate of drug-likeness (QED) is 0.912. The standard InChI is InChI=1S/C15H17ClN4O/c16-12-3-1-5-14(7-12)20-10-11(8-18-20)15(21)19-13-4-2-6-17-9-13/h1,3,5,7-8,10,13,17H,2,4,6,9H2,(H,19,21). The van der Waals surface area contributed by atoms with Crippen LogP contribution < -0.4 is 10.6 Å². The van der Waals surface area contributed by atoms with E-state index in [0.29, 0.717) is 10.6 Å². The van der Waals surface area contributed by atoms with Crippen LogP contribution in [0.2, 0.25) is 5.02 Å². The topological polar surface area (TPSA) is 59.0 Å². The van der Waals surface area contributed by atoms with Crippen molar-refractivity contribution in [3.05, 3.63) is 47.2 Å². The fourth-order valence-corrected chi connectivity index (χ4v) is 2.63. The third-order valence-corrected chi connectivity index (χ3v) is 3.78. The molecule has 21 heavy (non-hydrogen) atoms. The number of amides is 1. The zero-order valence-corrected chi connectivity index (χ0v) is 12.3. The number of carbonyl (C=O) groups excluding carboxylic acids is 1. The van der Waals surface area contributed by atoms with Gasteiger partial charge >= 0.3 is 0 Å². The molecular formula is C15H17ClN4O. The first-order valence-corrected chi connectivity index (χ1v) is 7.42. The molecule has 110 valence electrons. The zero-order valence-electron chi connectivity index (χ0n) is 11.6. The van der Waals surface area contributed by atoms with Gasteiger partial charge in [-0.25, -0.2) is 4.68 Å². The number of nitrogens with one attached hydrogen (secondary N) is 2. The van der Waals surface area contributed by atoms with Gasteiger partial charge in [-0.1, -0.05) is 17.7 Å². The lowest BCUT2D eigenvalue weighted by Gasteiger charge is -2.23. The first kappa shape index (κ1) is 14.1. The van der Waals surface area contributed by atoms with Crippen LogP contribution >= 0.6 is 11.6 Å². The fraction of sp³-hybridized carbons (Fsp3) is 0.333.